The lowest BCUT2D eigenvalue weighted by molar-refractivity contribution is -0.115. The van der Waals surface area contributed by atoms with Gasteiger partial charge in [-0.15, -0.1) is 11.8 Å². The second kappa shape index (κ2) is 8.84. The first-order valence-electron chi connectivity index (χ1n) is 7.61. The van der Waals surface area contributed by atoms with Crippen LogP contribution in [0.1, 0.15) is 5.56 Å². The van der Waals surface area contributed by atoms with Crippen LogP contribution in [0.2, 0.25) is 0 Å². The van der Waals surface area contributed by atoms with Crippen molar-refractivity contribution in [1.82, 2.24) is 0 Å². The fourth-order valence-corrected chi connectivity index (χ4v) is 3.01. The number of rotatable bonds is 7. The van der Waals surface area contributed by atoms with Crippen molar-refractivity contribution in [3.63, 3.8) is 0 Å². The summed E-state index contributed by atoms with van der Waals surface area (Å²) < 4.78 is 47.7. The van der Waals surface area contributed by atoms with Crippen LogP contribution in [0.3, 0.4) is 0 Å². The number of benzene rings is 2. The highest BCUT2D eigenvalue weighted by Crippen LogP contribution is 2.32. The maximum absolute atomic E-state index is 12.4. The number of anilines is 1. The van der Waals surface area contributed by atoms with Crippen molar-refractivity contribution >= 4 is 23.4 Å². The summed E-state index contributed by atoms with van der Waals surface area (Å²) in [5.41, 5.74) is 0.957. The summed E-state index contributed by atoms with van der Waals surface area (Å²) in [5.74, 6) is -0.282. The third-order valence-electron chi connectivity index (χ3n) is 3.39. The molecule has 0 spiro atoms. The molecule has 1 amide bonds. The summed E-state index contributed by atoms with van der Waals surface area (Å²) in [6.45, 7) is 0. The Morgan fingerprint density at radius 3 is 2.50 bits per heavy atom. The third-order valence-corrected chi connectivity index (χ3v) is 4.53. The van der Waals surface area contributed by atoms with Crippen molar-refractivity contribution in [2.45, 2.75) is 17.5 Å². The summed E-state index contributed by atoms with van der Waals surface area (Å²) in [6, 6.07) is 11.5. The van der Waals surface area contributed by atoms with E-state index in [2.05, 4.69) is 5.32 Å². The predicted molar refractivity (Wildman–Crippen MR) is 95.1 cm³/mol. The van der Waals surface area contributed by atoms with E-state index in [1.165, 1.54) is 20.3 Å². The average Bonchev–Trinajstić information content (AvgIpc) is 2.60. The number of amides is 1. The number of hydrogen-bond acceptors (Lipinski definition) is 4. The number of nitrogens with one attached hydrogen (secondary N) is 1. The molecule has 2 rings (SSSR count). The number of ether oxygens (including phenoxy) is 2. The predicted octanol–water partition coefficient (Wildman–Crippen LogP) is 4.54. The number of para-hydroxylation sites is 1. The van der Waals surface area contributed by atoms with Gasteiger partial charge in [0.1, 0.15) is 11.5 Å². The van der Waals surface area contributed by atoms with Gasteiger partial charge in [-0.2, -0.15) is 13.2 Å². The molecule has 0 saturated heterocycles. The van der Waals surface area contributed by atoms with Crippen molar-refractivity contribution in [2.75, 3.05) is 25.3 Å². The van der Waals surface area contributed by atoms with Crippen molar-refractivity contribution in [1.29, 1.82) is 0 Å². The molecule has 0 aliphatic heterocycles. The zero-order chi connectivity index (χ0) is 19.2. The molecule has 8 heteroatoms. The first-order valence-corrected chi connectivity index (χ1v) is 8.60. The van der Waals surface area contributed by atoms with Gasteiger partial charge in [-0.05, 0) is 30.3 Å². The van der Waals surface area contributed by atoms with E-state index >= 15 is 0 Å². The lowest BCUT2D eigenvalue weighted by atomic mass is 10.1. The molecule has 2 aromatic rings. The van der Waals surface area contributed by atoms with E-state index in [0.29, 0.717) is 39.4 Å². The molecule has 0 unspecified atom stereocenters. The molecule has 2 aromatic carbocycles. The van der Waals surface area contributed by atoms with E-state index in [9.17, 15) is 18.0 Å². The van der Waals surface area contributed by atoms with Crippen molar-refractivity contribution in [2.24, 2.45) is 0 Å². The largest absolute Gasteiger partial charge is 0.497 e. The molecule has 0 saturated carbocycles. The SMILES string of the molecule is COc1ccc(OC)c(CC(=O)Nc2ccccc2SCC(F)(F)F)c1. The summed E-state index contributed by atoms with van der Waals surface area (Å²) in [5, 5.41) is 2.66. The maximum atomic E-state index is 12.4. The van der Waals surface area contributed by atoms with E-state index in [0.717, 1.165) is 0 Å². The molecule has 0 heterocycles. The minimum absolute atomic E-state index is 0.00134. The second-order valence-electron chi connectivity index (χ2n) is 5.30. The topological polar surface area (TPSA) is 47.6 Å². The van der Waals surface area contributed by atoms with Crippen LogP contribution in [0.15, 0.2) is 47.4 Å². The molecule has 140 valence electrons. The fraction of sp³-hybridized carbons (Fsp3) is 0.278. The van der Waals surface area contributed by atoms with Crippen LogP contribution < -0.4 is 14.8 Å². The summed E-state index contributed by atoms with van der Waals surface area (Å²) in [7, 11) is 3.01. The molecule has 1 N–H and O–H groups in total. The lowest BCUT2D eigenvalue weighted by Gasteiger charge is -2.13. The van der Waals surface area contributed by atoms with E-state index in [4.69, 9.17) is 9.47 Å². The normalized spacial score (nSPS) is 11.1. The number of thioether (sulfide) groups is 1. The van der Waals surface area contributed by atoms with Crippen LogP contribution >= 0.6 is 11.8 Å². The molecule has 0 aromatic heterocycles. The second-order valence-corrected chi connectivity index (χ2v) is 6.32. The highest BCUT2D eigenvalue weighted by atomic mass is 32.2. The lowest BCUT2D eigenvalue weighted by Crippen LogP contribution is -2.16. The number of halogens is 3. The number of carbonyl (C=O) groups excluding carboxylic acids is 1. The van der Waals surface area contributed by atoms with Gasteiger partial charge in [0.2, 0.25) is 5.91 Å². The molecule has 0 fully saturated rings. The molecule has 0 aliphatic carbocycles. The van der Waals surface area contributed by atoms with Crippen molar-refractivity contribution in [3.05, 3.63) is 48.0 Å². The van der Waals surface area contributed by atoms with Crippen molar-refractivity contribution in [3.8, 4) is 11.5 Å². The number of alkyl halides is 3. The smallest absolute Gasteiger partial charge is 0.398 e. The van der Waals surface area contributed by atoms with Gasteiger partial charge in [0.05, 0.1) is 32.1 Å². The van der Waals surface area contributed by atoms with Gasteiger partial charge in [0.25, 0.3) is 0 Å². The molecule has 0 radical (unpaired) electrons. The molecular weight excluding hydrogens is 367 g/mol. The highest BCUT2D eigenvalue weighted by Gasteiger charge is 2.27. The average molecular weight is 385 g/mol. The molecule has 0 atom stereocenters. The molecular formula is C18H18F3NO3S. The Hall–Kier alpha value is -2.35. The van der Waals surface area contributed by atoms with Gasteiger partial charge in [0.15, 0.2) is 0 Å². The van der Waals surface area contributed by atoms with Crippen LogP contribution in [-0.4, -0.2) is 32.1 Å². The van der Waals surface area contributed by atoms with Crippen LogP contribution in [0.4, 0.5) is 18.9 Å². The van der Waals surface area contributed by atoms with E-state index in [1.807, 2.05) is 0 Å². The van der Waals surface area contributed by atoms with Gasteiger partial charge < -0.3 is 14.8 Å². The standard InChI is InChI=1S/C18H18F3NO3S/c1-24-13-7-8-15(25-2)12(9-13)10-17(23)22-14-5-3-4-6-16(14)26-11-18(19,20)21/h3-9H,10-11H2,1-2H3,(H,22,23). The Morgan fingerprint density at radius 2 is 1.85 bits per heavy atom. The number of methoxy groups -OCH3 is 2. The van der Waals surface area contributed by atoms with Crippen LogP contribution in [-0.2, 0) is 11.2 Å². The van der Waals surface area contributed by atoms with E-state index < -0.39 is 11.9 Å². The summed E-state index contributed by atoms with van der Waals surface area (Å²) in [4.78, 5) is 12.7. The van der Waals surface area contributed by atoms with Crippen LogP contribution in [0.25, 0.3) is 0 Å². The minimum Gasteiger partial charge on any atom is -0.497 e. The first-order chi connectivity index (χ1) is 12.3. The summed E-state index contributed by atoms with van der Waals surface area (Å²) in [6.07, 6.45) is -4.28. The van der Waals surface area contributed by atoms with Gasteiger partial charge >= 0.3 is 6.18 Å². The summed E-state index contributed by atoms with van der Waals surface area (Å²) >= 11 is 0.632. The van der Waals surface area contributed by atoms with Crippen LogP contribution in [0.5, 0.6) is 11.5 Å². The van der Waals surface area contributed by atoms with Gasteiger partial charge in [0, 0.05) is 10.5 Å². The van der Waals surface area contributed by atoms with E-state index in [-0.39, 0.29) is 12.3 Å². The zero-order valence-corrected chi connectivity index (χ0v) is 15.0. The molecule has 0 bridgehead atoms. The Balaban J connectivity index is 2.11. The Bertz CT molecular complexity index is 766. The van der Waals surface area contributed by atoms with Gasteiger partial charge in [-0.3, -0.25) is 4.79 Å². The zero-order valence-electron chi connectivity index (χ0n) is 14.2. The number of hydrogen-bond donors (Lipinski definition) is 1. The number of carbonyl (C=O) groups is 1. The van der Waals surface area contributed by atoms with Crippen LogP contribution in [0, 0.1) is 0 Å². The first kappa shape index (κ1) is 20.0. The minimum atomic E-state index is -4.28. The highest BCUT2D eigenvalue weighted by molar-refractivity contribution is 7.99. The Labute approximate surface area is 153 Å². The quantitative estimate of drug-likeness (QED) is 0.711. The van der Waals surface area contributed by atoms with Gasteiger partial charge in [-0.1, -0.05) is 12.1 Å². The molecule has 26 heavy (non-hydrogen) atoms. The monoisotopic (exact) mass is 385 g/mol. The fourth-order valence-electron chi connectivity index (χ4n) is 2.24. The Kier molecular flexibility index (Phi) is 6.79. The Morgan fingerprint density at radius 1 is 1.12 bits per heavy atom. The maximum Gasteiger partial charge on any atom is 0.398 e. The van der Waals surface area contributed by atoms with E-state index in [1.54, 1.807) is 36.4 Å². The molecule has 4 nitrogen and oxygen atoms in total. The third kappa shape index (κ3) is 5.87. The molecule has 0 aliphatic rings. The van der Waals surface area contributed by atoms with Crippen molar-refractivity contribution < 1.29 is 27.4 Å². The van der Waals surface area contributed by atoms with Gasteiger partial charge in [-0.25, -0.2) is 0 Å².